The molecule has 0 aromatic carbocycles. The van der Waals surface area contributed by atoms with E-state index in [2.05, 4.69) is 23.7 Å². The second kappa shape index (κ2) is 23.2. The SMILES string of the molecule is CN(C)CCCCCCCCCCCCCCCCOC(=O)O.CO. The van der Waals surface area contributed by atoms with Crippen LogP contribution in [0, 0.1) is 0 Å². The average molecular weight is 362 g/mol. The Bertz CT molecular complexity index is 260. The average Bonchev–Trinajstić information content (AvgIpc) is 2.59. The Hall–Kier alpha value is -0.810. The number of carbonyl (C=O) groups is 1. The maximum atomic E-state index is 10.1. The minimum atomic E-state index is -1.15. The van der Waals surface area contributed by atoms with Crippen LogP contribution in [0.25, 0.3) is 0 Å². The molecule has 0 aliphatic heterocycles. The highest BCUT2D eigenvalue weighted by Gasteiger charge is 1.97. The first kappa shape index (κ1) is 26.4. The van der Waals surface area contributed by atoms with Gasteiger partial charge >= 0.3 is 6.16 Å². The van der Waals surface area contributed by atoms with Gasteiger partial charge in [-0.2, -0.15) is 0 Å². The molecule has 5 nitrogen and oxygen atoms in total. The Labute approximate surface area is 155 Å². The first-order valence-corrected chi connectivity index (χ1v) is 10.1. The van der Waals surface area contributed by atoms with Gasteiger partial charge in [-0.05, 0) is 33.5 Å². The van der Waals surface area contributed by atoms with E-state index in [1.807, 2.05) is 0 Å². The van der Waals surface area contributed by atoms with Crippen molar-refractivity contribution in [2.75, 3.05) is 34.4 Å². The van der Waals surface area contributed by atoms with Crippen molar-refractivity contribution in [2.24, 2.45) is 0 Å². The smallest absolute Gasteiger partial charge is 0.450 e. The molecule has 0 rings (SSSR count). The molecule has 0 amide bonds. The van der Waals surface area contributed by atoms with E-state index in [-0.39, 0.29) is 0 Å². The van der Waals surface area contributed by atoms with Crippen LogP contribution in [0.2, 0.25) is 0 Å². The van der Waals surface area contributed by atoms with E-state index in [9.17, 15) is 4.79 Å². The molecule has 0 bridgehead atoms. The number of rotatable bonds is 17. The van der Waals surface area contributed by atoms with E-state index in [0.717, 1.165) is 20.0 Å². The lowest BCUT2D eigenvalue weighted by Crippen LogP contribution is -2.12. The standard InChI is InChI=1S/C19H39NO3.CH4O/c1-20(2)17-15-13-11-9-7-5-3-4-6-8-10-12-14-16-18-23-19(21)22;1-2/h3-18H2,1-2H3,(H,21,22);2H,1H3. The highest BCUT2D eigenvalue weighted by atomic mass is 16.7. The summed E-state index contributed by atoms with van der Waals surface area (Å²) in [5.74, 6) is 0. The van der Waals surface area contributed by atoms with Crippen molar-refractivity contribution in [1.29, 1.82) is 0 Å². The minimum Gasteiger partial charge on any atom is -0.450 e. The summed E-state index contributed by atoms with van der Waals surface area (Å²) in [6.07, 6.45) is 17.1. The van der Waals surface area contributed by atoms with Crippen molar-refractivity contribution in [3.05, 3.63) is 0 Å². The number of nitrogens with zero attached hydrogens (tertiary/aromatic N) is 1. The summed E-state index contributed by atoms with van der Waals surface area (Å²) in [7, 11) is 5.29. The van der Waals surface area contributed by atoms with Gasteiger partial charge in [0.05, 0.1) is 6.61 Å². The summed E-state index contributed by atoms with van der Waals surface area (Å²) in [4.78, 5) is 12.4. The Morgan fingerprint density at radius 2 is 1.00 bits per heavy atom. The zero-order chi connectivity index (χ0) is 19.2. The lowest BCUT2D eigenvalue weighted by Gasteiger charge is -2.08. The van der Waals surface area contributed by atoms with Crippen LogP contribution in [-0.2, 0) is 4.74 Å². The number of ether oxygens (including phenoxy) is 1. The molecule has 0 fully saturated rings. The molecule has 0 atom stereocenters. The summed E-state index contributed by atoms with van der Waals surface area (Å²) in [5, 5.41) is 15.3. The molecule has 0 aromatic heterocycles. The topological polar surface area (TPSA) is 70.0 Å². The van der Waals surface area contributed by atoms with E-state index in [0.29, 0.717) is 6.61 Å². The molecule has 0 aliphatic rings. The lowest BCUT2D eigenvalue weighted by molar-refractivity contribution is 0.0899. The van der Waals surface area contributed by atoms with Crippen LogP contribution in [-0.4, -0.2) is 55.6 Å². The number of carboxylic acid groups (broad SMARTS) is 1. The summed E-state index contributed by atoms with van der Waals surface area (Å²) < 4.78 is 4.48. The van der Waals surface area contributed by atoms with E-state index >= 15 is 0 Å². The fourth-order valence-corrected chi connectivity index (χ4v) is 2.81. The third-order valence-electron chi connectivity index (χ3n) is 4.23. The van der Waals surface area contributed by atoms with Gasteiger partial charge < -0.3 is 19.8 Å². The highest BCUT2D eigenvalue weighted by molar-refractivity contribution is 5.56. The van der Waals surface area contributed by atoms with Crippen LogP contribution in [0.3, 0.4) is 0 Å². The Morgan fingerprint density at radius 3 is 1.32 bits per heavy atom. The molecule has 0 saturated carbocycles. The summed E-state index contributed by atoms with van der Waals surface area (Å²) >= 11 is 0. The molecule has 5 heteroatoms. The van der Waals surface area contributed by atoms with Gasteiger partial charge in [0.2, 0.25) is 0 Å². The van der Waals surface area contributed by atoms with Gasteiger partial charge in [-0.25, -0.2) is 4.79 Å². The number of aliphatic hydroxyl groups excluding tert-OH is 1. The largest absolute Gasteiger partial charge is 0.505 e. The quantitative estimate of drug-likeness (QED) is 0.271. The Morgan fingerprint density at radius 1 is 0.680 bits per heavy atom. The van der Waals surface area contributed by atoms with Crippen molar-refractivity contribution in [3.8, 4) is 0 Å². The minimum absolute atomic E-state index is 0.352. The normalized spacial score (nSPS) is 10.4. The fourth-order valence-electron chi connectivity index (χ4n) is 2.81. The molecule has 0 radical (unpaired) electrons. The van der Waals surface area contributed by atoms with Gasteiger partial charge in [0, 0.05) is 7.11 Å². The van der Waals surface area contributed by atoms with Crippen LogP contribution in [0.4, 0.5) is 4.79 Å². The predicted octanol–water partition coefficient (Wildman–Crippen LogP) is 5.31. The van der Waals surface area contributed by atoms with Gasteiger partial charge in [0.15, 0.2) is 0 Å². The first-order chi connectivity index (χ1) is 12.1. The van der Waals surface area contributed by atoms with E-state index < -0.39 is 6.16 Å². The maximum absolute atomic E-state index is 10.1. The van der Waals surface area contributed by atoms with Crippen molar-refractivity contribution < 1.29 is 19.7 Å². The van der Waals surface area contributed by atoms with E-state index in [1.54, 1.807) is 0 Å². The molecule has 2 N–H and O–H groups in total. The molecule has 0 saturated heterocycles. The molecular formula is C20H43NO4. The first-order valence-electron chi connectivity index (χ1n) is 10.1. The second-order valence-electron chi connectivity index (χ2n) is 6.87. The number of hydrogen-bond donors (Lipinski definition) is 2. The van der Waals surface area contributed by atoms with E-state index in [4.69, 9.17) is 10.2 Å². The van der Waals surface area contributed by atoms with Crippen LogP contribution < -0.4 is 0 Å². The Kier molecular flexibility index (Phi) is 24.5. The fraction of sp³-hybridized carbons (Fsp3) is 0.950. The number of unbranched alkanes of at least 4 members (excludes halogenated alkanes) is 13. The zero-order valence-electron chi connectivity index (χ0n) is 17.0. The van der Waals surface area contributed by atoms with Crippen LogP contribution in [0.5, 0.6) is 0 Å². The Balaban J connectivity index is 0. The summed E-state index contributed by atoms with van der Waals surface area (Å²) in [6.45, 7) is 1.58. The molecule has 0 spiro atoms. The van der Waals surface area contributed by atoms with Gasteiger partial charge in [-0.3, -0.25) is 0 Å². The summed E-state index contributed by atoms with van der Waals surface area (Å²) in [6, 6.07) is 0. The monoisotopic (exact) mass is 361 g/mol. The molecule has 0 heterocycles. The van der Waals surface area contributed by atoms with Gasteiger partial charge in [-0.15, -0.1) is 0 Å². The van der Waals surface area contributed by atoms with Crippen molar-refractivity contribution in [1.82, 2.24) is 4.90 Å². The van der Waals surface area contributed by atoms with Crippen LogP contribution >= 0.6 is 0 Å². The molecule has 152 valence electrons. The molecule has 0 aromatic rings. The van der Waals surface area contributed by atoms with Gasteiger partial charge in [0.1, 0.15) is 0 Å². The number of aliphatic hydroxyl groups is 1. The highest BCUT2D eigenvalue weighted by Crippen LogP contribution is 2.13. The molecule has 0 aliphatic carbocycles. The second-order valence-corrected chi connectivity index (χ2v) is 6.87. The predicted molar refractivity (Wildman–Crippen MR) is 105 cm³/mol. The molecule has 0 unspecified atom stereocenters. The zero-order valence-corrected chi connectivity index (χ0v) is 17.0. The van der Waals surface area contributed by atoms with Crippen molar-refractivity contribution >= 4 is 6.16 Å². The number of hydrogen-bond acceptors (Lipinski definition) is 4. The van der Waals surface area contributed by atoms with Crippen molar-refractivity contribution in [3.63, 3.8) is 0 Å². The van der Waals surface area contributed by atoms with Gasteiger partial charge in [0.25, 0.3) is 0 Å². The van der Waals surface area contributed by atoms with E-state index in [1.165, 1.54) is 83.6 Å². The van der Waals surface area contributed by atoms with Crippen LogP contribution in [0.15, 0.2) is 0 Å². The molecular weight excluding hydrogens is 318 g/mol. The van der Waals surface area contributed by atoms with Crippen molar-refractivity contribution in [2.45, 2.75) is 89.9 Å². The third kappa shape index (κ3) is 28.3. The third-order valence-corrected chi connectivity index (χ3v) is 4.23. The summed E-state index contributed by atoms with van der Waals surface area (Å²) in [5.41, 5.74) is 0. The lowest BCUT2D eigenvalue weighted by atomic mass is 10.0. The van der Waals surface area contributed by atoms with Crippen LogP contribution in [0.1, 0.15) is 89.9 Å². The molecule has 25 heavy (non-hydrogen) atoms. The van der Waals surface area contributed by atoms with Gasteiger partial charge in [-0.1, -0.05) is 77.0 Å². The maximum Gasteiger partial charge on any atom is 0.505 e.